The molecule has 2 rings (SSSR count). The topological polar surface area (TPSA) is 42.2 Å². The van der Waals surface area contributed by atoms with E-state index in [2.05, 4.69) is 22.3 Å². The molecule has 0 radical (unpaired) electrons. The molecule has 76 valence electrons. The molecule has 1 unspecified atom stereocenters. The number of nitrogens with one attached hydrogen (secondary N) is 1. The summed E-state index contributed by atoms with van der Waals surface area (Å²) in [6, 6.07) is 2.34. The van der Waals surface area contributed by atoms with Gasteiger partial charge in [0.2, 0.25) is 0 Å². The van der Waals surface area contributed by atoms with E-state index >= 15 is 0 Å². The van der Waals surface area contributed by atoms with Crippen molar-refractivity contribution < 1.29 is 0 Å². The minimum absolute atomic E-state index is 0.395. The molecule has 1 aromatic heterocycles. The maximum Gasteiger partial charge on any atom is 0.0966 e. The maximum absolute atomic E-state index is 4.38. The zero-order valence-corrected chi connectivity index (χ0v) is 8.48. The van der Waals surface area contributed by atoms with Crippen LogP contribution in [0.25, 0.3) is 0 Å². The Bertz CT molecular complexity index is 302. The molecular weight excluding hydrogens is 176 g/mol. The van der Waals surface area contributed by atoms with Gasteiger partial charge in [0, 0.05) is 31.4 Å². The van der Waals surface area contributed by atoms with Gasteiger partial charge >= 0.3 is 0 Å². The van der Waals surface area contributed by atoms with E-state index in [1.165, 1.54) is 6.42 Å². The monoisotopic (exact) mass is 192 g/mol. The van der Waals surface area contributed by atoms with Crippen LogP contribution in [0.2, 0.25) is 0 Å². The Balaban J connectivity index is 1.81. The summed E-state index contributed by atoms with van der Waals surface area (Å²) in [6.45, 7) is 4.03. The standard InChI is InChI=1S/C10H16N4/c1-9(8-14-7-3-6-12-14)13-10-4-2-5-11-10/h3,6-7,9H,2,4-5,8H2,1H3,(H,11,13). The first-order valence-electron chi connectivity index (χ1n) is 5.12. The molecule has 0 saturated carbocycles. The van der Waals surface area contributed by atoms with Crippen molar-refractivity contribution in [2.24, 2.45) is 4.99 Å². The average molecular weight is 192 g/mol. The second kappa shape index (κ2) is 4.26. The second-order valence-corrected chi connectivity index (χ2v) is 3.71. The number of hydrogen-bond acceptors (Lipinski definition) is 3. The zero-order chi connectivity index (χ0) is 9.80. The Labute approximate surface area is 84.0 Å². The molecule has 4 heteroatoms. The number of hydrogen-bond donors (Lipinski definition) is 1. The summed E-state index contributed by atoms with van der Waals surface area (Å²) in [4.78, 5) is 4.38. The van der Waals surface area contributed by atoms with Gasteiger partial charge in [0.1, 0.15) is 0 Å². The number of nitrogens with zero attached hydrogens (tertiary/aromatic N) is 3. The van der Waals surface area contributed by atoms with Crippen LogP contribution in [0.1, 0.15) is 19.8 Å². The van der Waals surface area contributed by atoms with Crippen LogP contribution in [-0.2, 0) is 6.54 Å². The minimum Gasteiger partial charge on any atom is -0.370 e. The summed E-state index contributed by atoms with van der Waals surface area (Å²) in [5.41, 5.74) is 0. The fraction of sp³-hybridized carbons (Fsp3) is 0.600. The molecule has 2 heterocycles. The summed E-state index contributed by atoms with van der Waals surface area (Å²) >= 11 is 0. The Morgan fingerprint density at radius 1 is 1.64 bits per heavy atom. The van der Waals surface area contributed by atoms with Gasteiger partial charge in [-0.3, -0.25) is 9.67 Å². The van der Waals surface area contributed by atoms with Gasteiger partial charge in [-0.2, -0.15) is 5.10 Å². The normalized spacial score (nSPS) is 17.9. The van der Waals surface area contributed by atoms with Crippen molar-refractivity contribution in [2.45, 2.75) is 32.4 Å². The number of rotatable bonds is 3. The van der Waals surface area contributed by atoms with E-state index in [0.29, 0.717) is 6.04 Å². The lowest BCUT2D eigenvalue weighted by Crippen LogP contribution is -2.34. The molecule has 1 N–H and O–H groups in total. The van der Waals surface area contributed by atoms with E-state index in [-0.39, 0.29) is 0 Å². The molecule has 1 aliphatic rings. The Morgan fingerprint density at radius 3 is 3.21 bits per heavy atom. The molecule has 14 heavy (non-hydrogen) atoms. The summed E-state index contributed by atoms with van der Waals surface area (Å²) in [7, 11) is 0. The second-order valence-electron chi connectivity index (χ2n) is 3.71. The molecule has 0 aromatic carbocycles. The highest BCUT2D eigenvalue weighted by molar-refractivity contribution is 5.83. The van der Waals surface area contributed by atoms with Crippen LogP contribution in [-0.4, -0.2) is 28.2 Å². The van der Waals surface area contributed by atoms with E-state index in [4.69, 9.17) is 0 Å². The van der Waals surface area contributed by atoms with Gasteiger partial charge < -0.3 is 5.32 Å². The lowest BCUT2D eigenvalue weighted by atomic mass is 10.3. The van der Waals surface area contributed by atoms with Crippen LogP contribution in [0.5, 0.6) is 0 Å². The highest BCUT2D eigenvalue weighted by atomic mass is 15.3. The minimum atomic E-state index is 0.395. The average Bonchev–Trinajstić information content (AvgIpc) is 2.76. The molecule has 0 fully saturated rings. The Hall–Kier alpha value is -1.32. The molecule has 4 nitrogen and oxygen atoms in total. The summed E-state index contributed by atoms with van der Waals surface area (Å²) in [5.74, 6) is 1.16. The van der Waals surface area contributed by atoms with Gasteiger partial charge in [0.25, 0.3) is 0 Å². The first-order chi connectivity index (χ1) is 6.84. The Kier molecular flexibility index (Phi) is 2.81. The van der Waals surface area contributed by atoms with Crippen LogP contribution in [0.4, 0.5) is 0 Å². The SMILES string of the molecule is CC(Cn1cccn1)NC1=NCCC1. The van der Waals surface area contributed by atoms with Crippen molar-refractivity contribution in [3.8, 4) is 0 Å². The van der Waals surface area contributed by atoms with E-state index in [9.17, 15) is 0 Å². The van der Waals surface area contributed by atoms with Gasteiger partial charge in [0.15, 0.2) is 0 Å². The van der Waals surface area contributed by atoms with Crippen molar-refractivity contribution in [3.63, 3.8) is 0 Å². The number of aliphatic imine (C=N–C) groups is 1. The van der Waals surface area contributed by atoms with E-state index < -0.39 is 0 Å². The highest BCUT2D eigenvalue weighted by Crippen LogP contribution is 2.02. The van der Waals surface area contributed by atoms with Gasteiger partial charge in [-0.15, -0.1) is 0 Å². The highest BCUT2D eigenvalue weighted by Gasteiger charge is 2.09. The van der Waals surface area contributed by atoms with Gasteiger partial charge in [-0.05, 0) is 19.4 Å². The molecule has 1 aromatic rings. The lowest BCUT2D eigenvalue weighted by Gasteiger charge is -2.14. The Morgan fingerprint density at radius 2 is 2.57 bits per heavy atom. The largest absolute Gasteiger partial charge is 0.370 e. The van der Waals surface area contributed by atoms with Crippen molar-refractivity contribution in [3.05, 3.63) is 18.5 Å². The summed E-state index contributed by atoms with van der Waals surface area (Å²) in [6.07, 6.45) is 6.08. The molecule has 1 atom stereocenters. The van der Waals surface area contributed by atoms with Crippen molar-refractivity contribution >= 4 is 5.84 Å². The summed E-state index contributed by atoms with van der Waals surface area (Å²) in [5, 5.41) is 7.57. The van der Waals surface area contributed by atoms with Crippen LogP contribution in [0.3, 0.4) is 0 Å². The maximum atomic E-state index is 4.38. The molecule has 0 spiro atoms. The summed E-state index contributed by atoms with van der Waals surface area (Å²) < 4.78 is 1.94. The van der Waals surface area contributed by atoms with Crippen molar-refractivity contribution in [1.29, 1.82) is 0 Å². The number of aromatic nitrogens is 2. The molecule has 0 saturated heterocycles. The third-order valence-corrected chi connectivity index (χ3v) is 2.31. The van der Waals surface area contributed by atoms with Gasteiger partial charge in [0.05, 0.1) is 12.4 Å². The quantitative estimate of drug-likeness (QED) is 0.778. The first kappa shape index (κ1) is 9.24. The molecular formula is C10H16N4. The van der Waals surface area contributed by atoms with E-state index in [0.717, 1.165) is 25.3 Å². The van der Waals surface area contributed by atoms with Crippen molar-refractivity contribution in [2.75, 3.05) is 6.54 Å². The smallest absolute Gasteiger partial charge is 0.0966 e. The molecule has 0 aliphatic carbocycles. The predicted molar refractivity (Wildman–Crippen MR) is 56.4 cm³/mol. The van der Waals surface area contributed by atoms with Gasteiger partial charge in [-0.1, -0.05) is 0 Å². The van der Waals surface area contributed by atoms with E-state index in [1.807, 2.05) is 16.9 Å². The van der Waals surface area contributed by atoms with Crippen LogP contribution >= 0.6 is 0 Å². The van der Waals surface area contributed by atoms with E-state index in [1.54, 1.807) is 6.20 Å². The third kappa shape index (κ3) is 2.34. The van der Waals surface area contributed by atoms with Crippen LogP contribution < -0.4 is 5.32 Å². The van der Waals surface area contributed by atoms with Crippen molar-refractivity contribution in [1.82, 2.24) is 15.1 Å². The molecule has 0 bridgehead atoms. The number of amidine groups is 1. The third-order valence-electron chi connectivity index (χ3n) is 2.31. The molecule has 0 amide bonds. The van der Waals surface area contributed by atoms with Crippen LogP contribution in [0, 0.1) is 0 Å². The fourth-order valence-corrected chi connectivity index (χ4v) is 1.68. The predicted octanol–water partition coefficient (Wildman–Crippen LogP) is 1.05. The van der Waals surface area contributed by atoms with Gasteiger partial charge in [-0.25, -0.2) is 0 Å². The first-order valence-corrected chi connectivity index (χ1v) is 5.12. The molecule has 1 aliphatic heterocycles. The van der Waals surface area contributed by atoms with Crippen LogP contribution in [0.15, 0.2) is 23.5 Å². The lowest BCUT2D eigenvalue weighted by molar-refractivity contribution is 0.504. The fourth-order valence-electron chi connectivity index (χ4n) is 1.68. The zero-order valence-electron chi connectivity index (χ0n) is 8.48.